The third-order valence-corrected chi connectivity index (χ3v) is 6.49. The molecule has 100 valence electrons. The van der Waals surface area contributed by atoms with E-state index in [0.29, 0.717) is 0 Å². The number of hydrogen-bond acceptors (Lipinski definition) is 2. The minimum atomic E-state index is -3.15. The summed E-state index contributed by atoms with van der Waals surface area (Å²) in [5.41, 5.74) is 0. The van der Waals surface area contributed by atoms with Crippen molar-refractivity contribution in [3.05, 3.63) is 0 Å². The maximum absolute atomic E-state index is 12.2. The van der Waals surface area contributed by atoms with E-state index in [2.05, 4.69) is 4.72 Å². The zero-order chi connectivity index (χ0) is 12.3. The monoisotopic (exact) mass is 279 g/mol. The lowest BCUT2D eigenvalue weighted by Gasteiger charge is -2.30. The molecule has 0 amide bonds. The zero-order valence-corrected chi connectivity index (χ0v) is 11.8. The van der Waals surface area contributed by atoms with Gasteiger partial charge in [-0.1, -0.05) is 32.1 Å². The van der Waals surface area contributed by atoms with Gasteiger partial charge in [0.15, 0.2) is 0 Å². The van der Waals surface area contributed by atoms with Crippen LogP contribution in [0.15, 0.2) is 0 Å². The molecule has 0 radical (unpaired) electrons. The zero-order valence-electron chi connectivity index (χ0n) is 10.2. The molecule has 5 heteroatoms. The van der Waals surface area contributed by atoms with Gasteiger partial charge in [0, 0.05) is 11.4 Å². The predicted octanol–water partition coefficient (Wildman–Crippen LogP) is 2.79. The molecule has 0 heterocycles. The van der Waals surface area contributed by atoms with Crippen LogP contribution in [0.4, 0.5) is 0 Å². The molecule has 2 saturated carbocycles. The second-order valence-corrected chi connectivity index (χ2v) is 7.88. The van der Waals surface area contributed by atoms with E-state index in [1.54, 1.807) is 0 Å². The van der Waals surface area contributed by atoms with Gasteiger partial charge in [0.05, 0.1) is 5.25 Å². The fraction of sp³-hybridized carbons (Fsp3) is 1.00. The van der Waals surface area contributed by atoms with Crippen LogP contribution >= 0.6 is 11.6 Å². The van der Waals surface area contributed by atoms with Crippen LogP contribution in [0.5, 0.6) is 0 Å². The Bertz CT molecular complexity index is 338. The van der Waals surface area contributed by atoms with Gasteiger partial charge in [0.2, 0.25) is 10.0 Å². The summed E-state index contributed by atoms with van der Waals surface area (Å²) in [7, 11) is -3.15. The number of sulfonamides is 1. The molecule has 0 aromatic carbocycles. The average molecular weight is 280 g/mol. The molecule has 2 unspecified atom stereocenters. The topological polar surface area (TPSA) is 46.2 Å². The van der Waals surface area contributed by atoms with Crippen LogP contribution < -0.4 is 4.72 Å². The number of hydrogen-bond donors (Lipinski definition) is 1. The first-order valence-electron chi connectivity index (χ1n) is 6.75. The molecule has 2 rings (SSSR count). The molecule has 2 aliphatic carbocycles. The van der Waals surface area contributed by atoms with Crippen LogP contribution in [0.2, 0.25) is 0 Å². The lowest BCUT2D eigenvalue weighted by molar-refractivity contribution is 0.409. The summed E-state index contributed by atoms with van der Waals surface area (Å²) in [6, 6.07) is -0.0441. The first-order valence-corrected chi connectivity index (χ1v) is 8.73. The number of halogens is 1. The van der Waals surface area contributed by atoms with E-state index < -0.39 is 10.0 Å². The largest absolute Gasteiger partial charge is 0.214 e. The molecule has 3 nitrogen and oxygen atoms in total. The maximum Gasteiger partial charge on any atom is 0.214 e. The normalized spacial score (nSPS) is 32.5. The minimum Gasteiger partial charge on any atom is -0.212 e. The van der Waals surface area contributed by atoms with Crippen LogP contribution in [-0.2, 0) is 10.0 Å². The fourth-order valence-electron chi connectivity index (χ4n) is 2.90. The van der Waals surface area contributed by atoms with Gasteiger partial charge in [-0.15, -0.1) is 11.6 Å². The molecule has 0 aliphatic heterocycles. The first-order chi connectivity index (χ1) is 8.09. The lowest BCUT2D eigenvalue weighted by Crippen LogP contribution is -2.46. The van der Waals surface area contributed by atoms with Gasteiger partial charge in [-0.05, 0) is 25.7 Å². The third kappa shape index (κ3) is 3.58. The summed E-state index contributed by atoms with van der Waals surface area (Å²) in [5, 5.41) is -0.204. The van der Waals surface area contributed by atoms with Crippen molar-refractivity contribution in [2.75, 3.05) is 0 Å². The summed E-state index contributed by atoms with van der Waals surface area (Å²) in [6.45, 7) is 0. The van der Waals surface area contributed by atoms with Crippen molar-refractivity contribution in [1.29, 1.82) is 0 Å². The Morgan fingerprint density at radius 3 is 2.12 bits per heavy atom. The molecule has 0 bridgehead atoms. The summed E-state index contributed by atoms with van der Waals surface area (Å²) in [6.07, 6.45) is 8.91. The molecule has 0 aromatic heterocycles. The van der Waals surface area contributed by atoms with Crippen molar-refractivity contribution in [1.82, 2.24) is 4.72 Å². The number of nitrogens with one attached hydrogen (secondary N) is 1. The minimum absolute atomic E-state index is 0.0258. The van der Waals surface area contributed by atoms with E-state index in [9.17, 15) is 8.42 Å². The smallest absolute Gasteiger partial charge is 0.212 e. The molecule has 2 aliphatic rings. The van der Waals surface area contributed by atoms with Crippen LogP contribution in [-0.4, -0.2) is 25.1 Å². The summed E-state index contributed by atoms with van der Waals surface area (Å²) in [5.74, 6) is 0. The highest BCUT2D eigenvalue weighted by atomic mass is 35.5. The van der Waals surface area contributed by atoms with E-state index in [4.69, 9.17) is 11.6 Å². The number of alkyl halides is 1. The number of rotatable bonds is 3. The Balaban J connectivity index is 1.95. The maximum atomic E-state index is 12.2. The molecule has 0 spiro atoms. The summed E-state index contributed by atoms with van der Waals surface area (Å²) >= 11 is 6.20. The van der Waals surface area contributed by atoms with Gasteiger partial charge in [0.1, 0.15) is 0 Å². The fourth-order valence-corrected chi connectivity index (χ4v) is 5.17. The van der Waals surface area contributed by atoms with Crippen LogP contribution in [0.25, 0.3) is 0 Å². The lowest BCUT2D eigenvalue weighted by atomic mass is 9.96. The molecular weight excluding hydrogens is 258 g/mol. The molecule has 17 heavy (non-hydrogen) atoms. The van der Waals surface area contributed by atoms with Gasteiger partial charge in [-0.3, -0.25) is 0 Å². The van der Waals surface area contributed by atoms with E-state index >= 15 is 0 Å². The quantitative estimate of drug-likeness (QED) is 0.808. The van der Waals surface area contributed by atoms with Crippen LogP contribution in [0, 0.1) is 0 Å². The molecular formula is C12H22ClNO2S. The standard InChI is InChI=1S/C12H22ClNO2S/c13-11-8-4-5-9-12(11)14-17(15,16)10-6-2-1-3-7-10/h10-12,14H,1-9H2. The van der Waals surface area contributed by atoms with E-state index in [1.807, 2.05) is 0 Å². The van der Waals surface area contributed by atoms with E-state index in [0.717, 1.165) is 51.4 Å². The molecule has 2 fully saturated rings. The SMILES string of the molecule is O=S(=O)(NC1CCCCC1Cl)C1CCCCC1. The van der Waals surface area contributed by atoms with Gasteiger partial charge in [0.25, 0.3) is 0 Å². The average Bonchev–Trinajstić information content (AvgIpc) is 2.33. The van der Waals surface area contributed by atoms with Gasteiger partial charge in [-0.2, -0.15) is 0 Å². The second kappa shape index (κ2) is 5.89. The predicted molar refractivity (Wildman–Crippen MR) is 70.8 cm³/mol. The summed E-state index contributed by atoms with van der Waals surface area (Å²) in [4.78, 5) is 0. The van der Waals surface area contributed by atoms with Crippen molar-refractivity contribution < 1.29 is 8.42 Å². The van der Waals surface area contributed by atoms with E-state index in [-0.39, 0.29) is 16.7 Å². The van der Waals surface area contributed by atoms with Gasteiger partial charge in [-0.25, -0.2) is 13.1 Å². The molecule has 2 atom stereocenters. The Kier molecular flexibility index (Phi) is 4.72. The molecule has 1 N–H and O–H groups in total. The third-order valence-electron chi connectivity index (χ3n) is 3.99. The van der Waals surface area contributed by atoms with Crippen molar-refractivity contribution in [2.24, 2.45) is 0 Å². The Labute approximate surface area is 109 Å². The molecule has 0 saturated heterocycles. The highest BCUT2D eigenvalue weighted by Crippen LogP contribution is 2.27. The Hall–Kier alpha value is 0.200. The van der Waals surface area contributed by atoms with Crippen LogP contribution in [0.1, 0.15) is 57.8 Å². The Morgan fingerprint density at radius 2 is 1.47 bits per heavy atom. The van der Waals surface area contributed by atoms with Crippen LogP contribution in [0.3, 0.4) is 0 Å². The van der Waals surface area contributed by atoms with E-state index in [1.165, 1.54) is 6.42 Å². The summed E-state index contributed by atoms with van der Waals surface area (Å²) < 4.78 is 27.3. The van der Waals surface area contributed by atoms with Crippen molar-refractivity contribution in [3.63, 3.8) is 0 Å². The second-order valence-electron chi connectivity index (χ2n) is 5.33. The highest BCUT2D eigenvalue weighted by molar-refractivity contribution is 7.90. The molecule has 0 aromatic rings. The Morgan fingerprint density at radius 1 is 0.882 bits per heavy atom. The van der Waals surface area contributed by atoms with Gasteiger partial charge < -0.3 is 0 Å². The first kappa shape index (κ1) is 13.6. The van der Waals surface area contributed by atoms with Crippen molar-refractivity contribution in [3.8, 4) is 0 Å². The van der Waals surface area contributed by atoms with Crippen molar-refractivity contribution >= 4 is 21.6 Å². The van der Waals surface area contributed by atoms with Gasteiger partial charge >= 0.3 is 0 Å². The van der Waals surface area contributed by atoms with Crippen molar-refractivity contribution in [2.45, 2.75) is 74.5 Å². The highest BCUT2D eigenvalue weighted by Gasteiger charge is 2.32.